The number of carbonyl (C=O) groups is 2. The number of halogens is 1. The van der Waals surface area contributed by atoms with Crippen LogP contribution in [0.1, 0.15) is 32.4 Å². The van der Waals surface area contributed by atoms with E-state index in [1.165, 1.54) is 0 Å². The summed E-state index contributed by atoms with van der Waals surface area (Å²) in [6.07, 6.45) is 0. The van der Waals surface area contributed by atoms with Crippen molar-refractivity contribution in [2.45, 2.75) is 26.8 Å². The molecule has 0 bridgehead atoms. The van der Waals surface area contributed by atoms with E-state index in [1.54, 1.807) is 0 Å². The zero-order chi connectivity index (χ0) is 17.7. The molecule has 2 amide bonds. The molecule has 0 radical (unpaired) electrons. The average molecular weight is 352 g/mol. The highest BCUT2D eigenvalue weighted by molar-refractivity contribution is 6.30. The summed E-state index contributed by atoms with van der Waals surface area (Å²) in [4.78, 5) is 28.2. The highest BCUT2D eigenvalue weighted by Gasteiger charge is 2.24. The fourth-order valence-corrected chi connectivity index (χ4v) is 2.94. The molecule has 24 heavy (non-hydrogen) atoms. The van der Waals surface area contributed by atoms with Crippen LogP contribution < -0.4 is 5.32 Å². The van der Waals surface area contributed by atoms with Gasteiger partial charge in [-0.1, -0.05) is 37.6 Å². The van der Waals surface area contributed by atoms with Gasteiger partial charge in [-0.05, 0) is 24.6 Å². The zero-order valence-corrected chi connectivity index (χ0v) is 15.3. The first-order valence-corrected chi connectivity index (χ1v) is 8.80. The first kappa shape index (κ1) is 18.7. The van der Waals surface area contributed by atoms with E-state index >= 15 is 0 Å². The Morgan fingerprint density at radius 3 is 2.21 bits per heavy atom. The lowest BCUT2D eigenvalue weighted by atomic mass is 10.1. The molecule has 1 heterocycles. The number of carbonyl (C=O) groups excluding carboxylic acids is 2. The lowest BCUT2D eigenvalue weighted by Crippen LogP contribution is -2.52. The Morgan fingerprint density at radius 1 is 1.08 bits per heavy atom. The fraction of sp³-hybridized carbons (Fsp3) is 0.556. The summed E-state index contributed by atoms with van der Waals surface area (Å²) in [5.74, 6) is 0.219. The van der Waals surface area contributed by atoms with E-state index in [0.29, 0.717) is 24.7 Å². The van der Waals surface area contributed by atoms with Crippen molar-refractivity contribution in [1.82, 2.24) is 15.1 Å². The molecule has 1 aliphatic heterocycles. The van der Waals surface area contributed by atoms with Crippen LogP contribution in [0.5, 0.6) is 0 Å². The van der Waals surface area contributed by atoms with E-state index in [-0.39, 0.29) is 23.8 Å². The molecule has 1 fully saturated rings. The molecule has 1 aromatic carbocycles. The maximum atomic E-state index is 12.2. The molecule has 1 atom stereocenters. The fourth-order valence-electron chi connectivity index (χ4n) is 2.82. The third kappa shape index (κ3) is 5.21. The normalized spacial score (nSPS) is 17.0. The molecule has 1 aromatic rings. The number of nitrogens with zero attached hydrogens (tertiary/aromatic N) is 2. The van der Waals surface area contributed by atoms with Gasteiger partial charge >= 0.3 is 0 Å². The Morgan fingerprint density at radius 2 is 1.67 bits per heavy atom. The summed E-state index contributed by atoms with van der Waals surface area (Å²) in [6.45, 7) is 9.01. The summed E-state index contributed by atoms with van der Waals surface area (Å²) in [6, 6.07) is 7.43. The van der Waals surface area contributed by atoms with Crippen LogP contribution in [-0.2, 0) is 9.59 Å². The standard InChI is InChI=1S/C18H26ClN3O2/c1-13(2)18(24)22-10-8-21(9-11-22)12-17(23)20-14(3)15-4-6-16(19)7-5-15/h4-7,13-14H,8-12H2,1-3H3,(H,20,23). The minimum absolute atomic E-state index is 0.00101. The van der Waals surface area contributed by atoms with Crippen LogP contribution in [-0.4, -0.2) is 54.3 Å². The second-order valence-corrected chi connectivity index (χ2v) is 7.03. The van der Waals surface area contributed by atoms with E-state index in [2.05, 4.69) is 10.2 Å². The SMILES string of the molecule is CC(C)C(=O)N1CCN(CC(=O)NC(C)c2ccc(Cl)cc2)CC1. The van der Waals surface area contributed by atoms with E-state index in [0.717, 1.165) is 18.7 Å². The molecule has 5 nitrogen and oxygen atoms in total. The summed E-state index contributed by atoms with van der Waals surface area (Å²) in [7, 11) is 0. The number of benzene rings is 1. The molecule has 1 N–H and O–H groups in total. The smallest absolute Gasteiger partial charge is 0.234 e. The minimum Gasteiger partial charge on any atom is -0.348 e. The number of nitrogens with one attached hydrogen (secondary N) is 1. The topological polar surface area (TPSA) is 52.7 Å². The molecule has 1 unspecified atom stereocenters. The van der Waals surface area contributed by atoms with Crippen molar-refractivity contribution in [1.29, 1.82) is 0 Å². The Kier molecular flexibility index (Phi) is 6.63. The van der Waals surface area contributed by atoms with Crippen LogP contribution in [0.3, 0.4) is 0 Å². The predicted molar refractivity (Wildman–Crippen MR) is 95.9 cm³/mol. The Hall–Kier alpha value is -1.59. The van der Waals surface area contributed by atoms with E-state index < -0.39 is 0 Å². The van der Waals surface area contributed by atoms with Gasteiger partial charge in [0.1, 0.15) is 0 Å². The van der Waals surface area contributed by atoms with Gasteiger partial charge in [-0.2, -0.15) is 0 Å². The van der Waals surface area contributed by atoms with Gasteiger partial charge in [0.15, 0.2) is 0 Å². The number of hydrogen-bond acceptors (Lipinski definition) is 3. The first-order valence-electron chi connectivity index (χ1n) is 8.42. The van der Waals surface area contributed by atoms with Gasteiger partial charge in [0.2, 0.25) is 11.8 Å². The molecule has 1 saturated heterocycles. The number of piperazine rings is 1. The minimum atomic E-state index is -0.0569. The van der Waals surface area contributed by atoms with Crippen LogP contribution in [0.15, 0.2) is 24.3 Å². The maximum Gasteiger partial charge on any atom is 0.234 e. The van der Waals surface area contributed by atoms with Gasteiger partial charge in [0.25, 0.3) is 0 Å². The van der Waals surface area contributed by atoms with E-state index in [1.807, 2.05) is 49.9 Å². The number of rotatable bonds is 5. The highest BCUT2D eigenvalue weighted by Crippen LogP contribution is 2.16. The monoisotopic (exact) mass is 351 g/mol. The lowest BCUT2D eigenvalue weighted by Gasteiger charge is -2.35. The van der Waals surface area contributed by atoms with Gasteiger partial charge in [-0.25, -0.2) is 0 Å². The summed E-state index contributed by atoms with van der Waals surface area (Å²) >= 11 is 5.88. The van der Waals surface area contributed by atoms with E-state index in [9.17, 15) is 9.59 Å². The molecule has 0 spiro atoms. The number of hydrogen-bond donors (Lipinski definition) is 1. The van der Waals surface area contributed by atoms with Crippen molar-refractivity contribution in [2.75, 3.05) is 32.7 Å². The number of amides is 2. The van der Waals surface area contributed by atoms with Gasteiger partial charge in [0, 0.05) is 37.1 Å². The predicted octanol–water partition coefficient (Wildman–Crippen LogP) is 2.32. The van der Waals surface area contributed by atoms with Gasteiger partial charge < -0.3 is 10.2 Å². The molecule has 132 valence electrons. The third-order valence-electron chi connectivity index (χ3n) is 4.29. The summed E-state index contributed by atoms with van der Waals surface area (Å²) in [5, 5.41) is 3.70. The molecular weight excluding hydrogens is 326 g/mol. The first-order chi connectivity index (χ1) is 11.4. The van der Waals surface area contributed by atoms with Crippen molar-refractivity contribution in [3.05, 3.63) is 34.9 Å². The van der Waals surface area contributed by atoms with Crippen LogP contribution in [0, 0.1) is 5.92 Å². The van der Waals surface area contributed by atoms with Crippen LogP contribution in [0.25, 0.3) is 0 Å². The van der Waals surface area contributed by atoms with Crippen molar-refractivity contribution in [3.63, 3.8) is 0 Å². The molecule has 0 aliphatic carbocycles. The van der Waals surface area contributed by atoms with Crippen molar-refractivity contribution in [2.24, 2.45) is 5.92 Å². The Balaban J connectivity index is 1.77. The molecule has 1 aliphatic rings. The summed E-state index contributed by atoms with van der Waals surface area (Å²) < 4.78 is 0. The summed E-state index contributed by atoms with van der Waals surface area (Å²) in [5.41, 5.74) is 1.03. The van der Waals surface area contributed by atoms with Crippen LogP contribution in [0.2, 0.25) is 5.02 Å². The average Bonchev–Trinajstić information content (AvgIpc) is 2.55. The lowest BCUT2D eigenvalue weighted by molar-refractivity contribution is -0.136. The Labute approximate surface area is 149 Å². The van der Waals surface area contributed by atoms with Crippen LogP contribution >= 0.6 is 11.6 Å². The zero-order valence-electron chi connectivity index (χ0n) is 14.6. The highest BCUT2D eigenvalue weighted by atomic mass is 35.5. The van der Waals surface area contributed by atoms with Gasteiger partial charge in [-0.15, -0.1) is 0 Å². The molecule has 6 heteroatoms. The van der Waals surface area contributed by atoms with Crippen molar-refractivity contribution in [3.8, 4) is 0 Å². The Bertz CT molecular complexity index is 566. The van der Waals surface area contributed by atoms with Gasteiger partial charge in [-0.3, -0.25) is 14.5 Å². The van der Waals surface area contributed by atoms with E-state index in [4.69, 9.17) is 11.6 Å². The van der Waals surface area contributed by atoms with Gasteiger partial charge in [0.05, 0.1) is 12.6 Å². The quantitative estimate of drug-likeness (QED) is 0.885. The largest absolute Gasteiger partial charge is 0.348 e. The molecule has 2 rings (SSSR count). The molecule has 0 saturated carbocycles. The molecule has 0 aromatic heterocycles. The second-order valence-electron chi connectivity index (χ2n) is 6.60. The van der Waals surface area contributed by atoms with Crippen LogP contribution in [0.4, 0.5) is 0 Å². The van der Waals surface area contributed by atoms with Crippen molar-refractivity contribution >= 4 is 23.4 Å². The second kappa shape index (κ2) is 8.49. The van der Waals surface area contributed by atoms with Crippen molar-refractivity contribution < 1.29 is 9.59 Å². The maximum absolute atomic E-state index is 12.2. The third-order valence-corrected chi connectivity index (χ3v) is 4.54. The molecular formula is C18H26ClN3O2.